The van der Waals surface area contributed by atoms with Crippen LogP contribution in [-0.4, -0.2) is 17.0 Å². The number of aliphatic hydroxyl groups excluding tert-OH is 1. The molecule has 0 radical (unpaired) electrons. The third-order valence-electron chi connectivity index (χ3n) is 2.54. The van der Waals surface area contributed by atoms with Gasteiger partial charge in [0.05, 0.1) is 6.10 Å². The summed E-state index contributed by atoms with van der Waals surface area (Å²) in [6.45, 7) is 4.05. The zero-order chi connectivity index (χ0) is 10.8. The predicted molar refractivity (Wildman–Crippen MR) is 59.3 cm³/mol. The van der Waals surface area contributed by atoms with Crippen LogP contribution in [0.5, 0.6) is 0 Å². The number of Topliss-reactive ketones (excluding diaryl/α,β-unsaturated/α-hetero) is 1. The minimum Gasteiger partial charge on any atom is -0.393 e. The summed E-state index contributed by atoms with van der Waals surface area (Å²) in [6, 6.07) is 0. The Morgan fingerprint density at radius 2 is 1.86 bits per heavy atom. The monoisotopic (exact) mass is 200 g/mol. The Morgan fingerprint density at radius 3 is 2.43 bits per heavy atom. The number of hydrogen-bond acceptors (Lipinski definition) is 2. The van der Waals surface area contributed by atoms with E-state index in [0.717, 1.165) is 12.8 Å². The molecule has 14 heavy (non-hydrogen) atoms. The van der Waals surface area contributed by atoms with Gasteiger partial charge in [0.2, 0.25) is 0 Å². The number of carbonyl (C=O) groups is 1. The van der Waals surface area contributed by atoms with E-state index in [2.05, 4.69) is 6.92 Å². The van der Waals surface area contributed by atoms with Gasteiger partial charge >= 0.3 is 0 Å². The summed E-state index contributed by atoms with van der Waals surface area (Å²) in [5, 5.41) is 9.54. The van der Waals surface area contributed by atoms with Gasteiger partial charge in [-0.15, -0.1) is 0 Å². The van der Waals surface area contributed by atoms with Crippen LogP contribution in [0.1, 0.15) is 65.2 Å². The molecule has 1 unspecified atom stereocenters. The molecule has 0 aromatic rings. The lowest BCUT2D eigenvalue weighted by atomic mass is 10.0. The highest BCUT2D eigenvalue weighted by molar-refractivity contribution is 5.77. The third-order valence-corrected chi connectivity index (χ3v) is 2.54. The number of hydrogen-bond donors (Lipinski definition) is 1. The summed E-state index contributed by atoms with van der Waals surface area (Å²) in [5.74, 6) is 0.262. The highest BCUT2D eigenvalue weighted by Gasteiger charge is 2.06. The molecule has 0 amide bonds. The second kappa shape index (κ2) is 9.20. The van der Waals surface area contributed by atoms with E-state index in [0.29, 0.717) is 19.3 Å². The summed E-state index contributed by atoms with van der Waals surface area (Å²) in [5.41, 5.74) is 0. The van der Waals surface area contributed by atoms with Crippen molar-refractivity contribution in [2.24, 2.45) is 0 Å². The maximum absolute atomic E-state index is 11.0. The van der Waals surface area contributed by atoms with Crippen molar-refractivity contribution in [3.8, 4) is 0 Å². The van der Waals surface area contributed by atoms with Crippen LogP contribution in [0.4, 0.5) is 0 Å². The van der Waals surface area contributed by atoms with Crippen LogP contribution in [0.2, 0.25) is 0 Å². The van der Waals surface area contributed by atoms with Crippen LogP contribution in [-0.2, 0) is 4.79 Å². The van der Waals surface area contributed by atoms with Crippen molar-refractivity contribution in [1.82, 2.24) is 0 Å². The van der Waals surface area contributed by atoms with Gasteiger partial charge in [0.1, 0.15) is 5.78 Å². The van der Waals surface area contributed by atoms with Gasteiger partial charge in [-0.25, -0.2) is 0 Å². The van der Waals surface area contributed by atoms with Gasteiger partial charge in [-0.1, -0.05) is 39.5 Å². The highest BCUT2D eigenvalue weighted by Crippen LogP contribution is 2.10. The molecule has 0 aromatic heterocycles. The fraction of sp³-hybridized carbons (Fsp3) is 0.917. The van der Waals surface area contributed by atoms with Crippen molar-refractivity contribution in [2.45, 2.75) is 71.3 Å². The molecular formula is C12H24O2. The molecule has 0 heterocycles. The van der Waals surface area contributed by atoms with Crippen LogP contribution in [0, 0.1) is 0 Å². The normalized spacial score (nSPS) is 12.8. The molecule has 1 atom stereocenters. The molecule has 0 aliphatic carbocycles. The zero-order valence-corrected chi connectivity index (χ0v) is 9.59. The molecule has 0 saturated carbocycles. The summed E-state index contributed by atoms with van der Waals surface area (Å²) in [6.07, 6.45) is 7.17. The number of rotatable bonds is 9. The van der Waals surface area contributed by atoms with Crippen molar-refractivity contribution in [3.05, 3.63) is 0 Å². The van der Waals surface area contributed by atoms with Gasteiger partial charge in [-0.05, 0) is 12.8 Å². The third kappa shape index (κ3) is 8.24. The Kier molecular flexibility index (Phi) is 8.95. The molecule has 2 heteroatoms. The Hall–Kier alpha value is -0.370. The first-order chi connectivity index (χ1) is 6.70. The average molecular weight is 200 g/mol. The number of unbranched alkanes of at least 4 members (excludes halogenated alkanes) is 3. The Bertz CT molecular complexity index is 143. The van der Waals surface area contributed by atoms with Crippen LogP contribution in [0.15, 0.2) is 0 Å². The first-order valence-corrected chi connectivity index (χ1v) is 5.90. The topological polar surface area (TPSA) is 37.3 Å². The van der Waals surface area contributed by atoms with Gasteiger partial charge in [0.25, 0.3) is 0 Å². The van der Waals surface area contributed by atoms with Crippen molar-refractivity contribution < 1.29 is 9.90 Å². The smallest absolute Gasteiger partial charge is 0.132 e. The van der Waals surface area contributed by atoms with Crippen molar-refractivity contribution in [3.63, 3.8) is 0 Å². The molecular weight excluding hydrogens is 176 g/mol. The van der Waals surface area contributed by atoms with Crippen LogP contribution in [0.25, 0.3) is 0 Å². The van der Waals surface area contributed by atoms with E-state index < -0.39 is 0 Å². The van der Waals surface area contributed by atoms with E-state index in [1.807, 2.05) is 6.92 Å². The van der Waals surface area contributed by atoms with Crippen molar-refractivity contribution >= 4 is 5.78 Å². The molecule has 1 N–H and O–H groups in total. The maximum Gasteiger partial charge on any atom is 0.132 e. The maximum atomic E-state index is 11.0. The minimum absolute atomic E-state index is 0.262. The second-order valence-electron chi connectivity index (χ2n) is 3.93. The van der Waals surface area contributed by atoms with Crippen LogP contribution >= 0.6 is 0 Å². The molecule has 0 saturated heterocycles. The SMILES string of the molecule is CCCCCCC(O)CCC(=O)CC. The van der Waals surface area contributed by atoms with Gasteiger partial charge in [-0.3, -0.25) is 4.79 Å². The molecule has 0 fully saturated rings. The highest BCUT2D eigenvalue weighted by atomic mass is 16.3. The lowest BCUT2D eigenvalue weighted by Crippen LogP contribution is -2.09. The summed E-state index contributed by atoms with van der Waals surface area (Å²) < 4.78 is 0. The fourth-order valence-corrected chi connectivity index (χ4v) is 1.46. The zero-order valence-electron chi connectivity index (χ0n) is 9.59. The van der Waals surface area contributed by atoms with Gasteiger partial charge in [0, 0.05) is 12.8 Å². The minimum atomic E-state index is -0.262. The van der Waals surface area contributed by atoms with E-state index in [4.69, 9.17) is 0 Å². The average Bonchev–Trinajstić information content (AvgIpc) is 2.21. The Balaban J connectivity index is 3.27. The fourth-order valence-electron chi connectivity index (χ4n) is 1.46. The van der Waals surface area contributed by atoms with E-state index >= 15 is 0 Å². The quantitative estimate of drug-likeness (QED) is 0.581. The lowest BCUT2D eigenvalue weighted by molar-refractivity contribution is -0.119. The first kappa shape index (κ1) is 13.6. The van der Waals surface area contributed by atoms with Crippen LogP contribution in [0.3, 0.4) is 0 Å². The van der Waals surface area contributed by atoms with E-state index in [9.17, 15) is 9.90 Å². The van der Waals surface area contributed by atoms with Crippen LogP contribution < -0.4 is 0 Å². The second-order valence-corrected chi connectivity index (χ2v) is 3.93. The van der Waals surface area contributed by atoms with E-state index in [1.165, 1.54) is 19.3 Å². The number of carbonyl (C=O) groups excluding carboxylic acids is 1. The summed E-state index contributed by atoms with van der Waals surface area (Å²) >= 11 is 0. The number of aliphatic hydroxyl groups is 1. The van der Waals surface area contributed by atoms with E-state index in [1.54, 1.807) is 0 Å². The molecule has 0 aliphatic heterocycles. The van der Waals surface area contributed by atoms with Gasteiger partial charge < -0.3 is 5.11 Å². The lowest BCUT2D eigenvalue weighted by Gasteiger charge is -2.08. The van der Waals surface area contributed by atoms with Crippen molar-refractivity contribution in [1.29, 1.82) is 0 Å². The molecule has 0 aliphatic rings. The van der Waals surface area contributed by atoms with Crippen molar-refractivity contribution in [2.75, 3.05) is 0 Å². The molecule has 0 bridgehead atoms. The largest absolute Gasteiger partial charge is 0.393 e. The Morgan fingerprint density at radius 1 is 1.14 bits per heavy atom. The molecule has 84 valence electrons. The predicted octanol–water partition coefficient (Wildman–Crippen LogP) is 3.08. The standard InChI is InChI=1S/C12H24O2/c1-3-5-6-7-8-12(14)10-9-11(13)4-2/h12,14H,3-10H2,1-2H3. The van der Waals surface area contributed by atoms with E-state index in [-0.39, 0.29) is 11.9 Å². The first-order valence-electron chi connectivity index (χ1n) is 5.90. The Labute approximate surface area is 87.7 Å². The molecule has 0 spiro atoms. The van der Waals surface area contributed by atoms with Gasteiger partial charge in [0.15, 0.2) is 0 Å². The molecule has 0 rings (SSSR count). The number of ketones is 1. The van der Waals surface area contributed by atoms with Gasteiger partial charge in [-0.2, -0.15) is 0 Å². The summed E-state index contributed by atoms with van der Waals surface area (Å²) in [4.78, 5) is 11.0. The molecule has 2 nitrogen and oxygen atoms in total. The summed E-state index contributed by atoms with van der Waals surface area (Å²) in [7, 11) is 0. The molecule has 0 aromatic carbocycles.